The van der Waals surface area contributed by atoms with Crippen molar-refractivity contribution in [1.29, 1.82) is 5.26 Å². The molecule has 0 amide bonds. The molecule has 2 aromatic rings. The van der Waals surface area contributed by atoms with Crippen molar-refractivity contribution in [2.45, 2.75) is 37.6 Å². The van der Waals surface area contributed by atoms with E-state index in [4.69, 9.17) is 10.00 Å². The lowest BCUT2D eigenvalue weighted by molar-refractivity contribution is -0.148. The summed E-state index contributed by atoms with van der Waals surface area (Å²) < 4.78 is 71.0. The van der Waals surface area contributed by atoms with Gasteiger partial charge in [0.1, 0.15) is 12.6 Å². The molecule has 0 heterocycles. The van der Waals surface area contributed by atoms with E-state index < -0.39 is 44.6 Å². The maximum absolute atomic E-state index is 12.9. The first-order valence-corrected chi connectivity index (χ1v) is 10.3. The van der Waals surface area contributed by atoms with E-state index in [-0.39, 0.29) is 6.61 Å². The molecule has 10 heteroatoms. The lowest BCUT2D eigenvalue weighted by Gasteiger charge is -2.21. The highest BCUT2D eigenvalue weighted by Crippen LogP contribution is 2.30. The number of esters is 1. The van der Waals surface area contributed by atoms with Crippen molar-refractivity contribution in [1.82, 2.24) is 4.72 Å². The van der Waals surface area contributed by atoms with Gasteiger partial charge >= 0.3 is 12.1 Å². The van der Waals surface area contributed by atoms with E-state index in [0.29, 0.717) is 17.2 Å². The van der Waals surface area contributed by atoms with Gasteiger partial charge in [-0.15, -0.1) is 0 Å². The van der Waals surface area contributed by atoms with Crippen LogP contribution in [0.2, 0.25) is 0 Å². The minimum absolute atomic E-state index is 0.154. The zero-order valence-corrected chi connectivity index (χ0v) is 16.9. The summed E-state index contributed by atoms with van der Waals surface area (Å²) in [7, 11) is -4.41. The molecule has 160 valence electrons. The summed E-state index contributed by atoms with van der Waals surface area (Å²) in [6, 6.07) is 10.1. The van der Waals surface area contributed by atoms with Crippen molar-refractivity contribution in [2.75, 3.05) is 0 Å². The zero-order valence-electron chi connectivity index (χ0n) is 16.1. The van der Waals surface area contributed by atoms with Gasteiger partial charge in [-0.05, 0) is 41.8 Å². The van der Waals surface area contributed by atoms with Gasteiger partial charge in [-0.25, -0.2) is 8.42 Å². The Morgan fingerprint density at radius 2 is 1.80 bits per heavy atom. The third-order valence-corrected chi connectivity index (χ3v) is 5.58. The van der Waals surface area contributed by atoms with E-state index in [0.717, 1.165) is 18.2 Å². The number of ether oxygens (including phenoxy) is 1. The van der Waals surface area contributed by atoms with Gasteiger partial charge in [0.15, 0.2) is 0 Å². The summed E-state index contributed by atoms with van der Waals surface area (Å²) in [5, 5.41) is 8.78. The first-order valence-electron chi connectivity index (χ1n) is 8.79. The Balaban J connectivity index is 2.15. The van der Waals surface area contributed by atoms with E-state index in [1.165, 1.54) is 0 Å². The lowest BCUT2D eigenvalue weighted by Crippen LogP contribution is -2.45. The molecule has 1 atom stereocenters. The number of hydrogen-bond donors (Lipinski definition) is 1. The second kappa shape index (κ2) is 9.28. The quantitative estimate of drug-likeness (QED) is 0.664. The van der Waals surface area contributed by atoms with Crippen molar-refractivity contribution in [3.63, 3.8) is 0 Å². The highest BCUT2D eigenvalue weighted by molar-refractivity contribution is 7.89. The zero-order chi connectivity index (χ0) is 22.5. The number of carbonyl (C=O) groups excluding carboxylic acids is 1. The molecule has 0 aliphatic heterocycles. The van der Waals surface area contributed by atoms with Crippen molar-refractivity contribution >= 4 is 16.0 Å². The van der Waals surface area contributed by atoms with Crippen LogP contribution in [-0.2, 0) is 32.3 Å². The maximum Gasteiger partial charge on any atom is 0.416 e. The SMILES string of the molecule is CC(C)C(NS(=O)(=O)c1cccc(C(F)(F)F)c1)C(=O)OCc1ccc(C#N)cc1. The Hall–Kier alpha value is -2.90. The number of benzene rings is 2. The van der Waals surface area contributed by atoms with Gasteiger partial charge in [-0.3, -0.25) is 4.79 Å². The van der Waals surface area contributed by atoms with Crippen LogP contribution in [0.3, 0.4) is 0 Å². The molecule has 0 aromatic heterocycles. The molecule has 0 radical (unpaired) electrons. The van der Waals surface area contributed by atoms with Crippen LogP contribution >= 0.6 is 0 Å². The number of nitriles is 1. The third-order valence-electron chi connectivity index (χ3n) is 4.14. The number of hydrogen-bond acceptors (Lipinski definition) is 5. The average molecular weight is 440 g/mol. The van der Waals surface area contributed by atoms with Crippen molar-refractivity contribution in [2.24, 2.45) is 5.92 Å². The summed E-state index contributed by atoms with van der Waals surface area (Å²) >= 11 is 0. The smallest absolute Gasteiger partial charge is 0.416 e. The molecule has 1 N–H and O–H groups in total. The first kappa shape index (κ1) is 23.4. The number of nitrogens with zero attached hydrogens (tertiary/aromatic N) is 1. The second-order valence-corrected chi connectivity index (χ2v) is 8.50. The van der Waals surface area contributed by atoms with Gasteiger partial charge in [0.25, 0.3) is 0 Å². The molecule has 0 saturated heterocycles. The van der Waals surface area contributed by atoms with Crippen molar-refractivity contribution < 1.29 is 31.1 Å². The Morgan fingerprint density at radius 3 is 2.33 bits per heavy atom. The molecule has 0 saturated carbocycles. The monoisotopic (exact) mass is 440 g/mol. The molecule has 0 spiro atoms. The Kier molecular flexibility index (Phi) is 7.23. The molecule has 6 nitrogen and oxygen atoms in total. The van der Waals surface area contributed by atoms with Crippen LogP contribution in [0.1, 0.15) is 30.5 Å². The number of alkyl halides is 3. The number of carbonyl (C=O) groups is 1. The van der Waals surface area contributed by atoms with Crippen LogP contribution in [-0.4, -0.2) is 20.4 Å². The molecule has 30 heavy (non-hydrogen) atoms. The average Bonchev–Trinajstić information content (AvgIpc) is 2.70. The van der Waals surface area contributed by atoms with Crippen LogP contribution in [0.5, 0.6) is 0 Å². The summed E-state index contributed by atoms with van der Waals surface area (Å²) in [6.45, 7) is 2.99. The Bertz CT molecular complexity index is 1040. The number of nitrogens with one attached hydrogen (secondary N) is 1. The second-order valence-electron chi connectivity index (χ2n) is 6.79. The molecule has 1 unspecified atom stereocenters. The van der Waals surface area contributed by atoms with E-state index in [1.807, 2.05) is 6.07 Å². The fraction of sp³-hybridized carbons (Fsp3) is 0.300. The first-order chi connectivity index (χ1) is 13.9. The standard InChI is InChI=1S/C20H19F3N2O4S/c1-13(2)18(19(26)29-12-15-8-6-14(11-24)7-9-15)25-30(27,28)17-5-3-4-16(10-17)20(21,22)23/h3-10,13,18,25H,12H2,1-2H3. The van der Waals surface area contributed by atoms with E-state index in [1.54, 1.807) is 38.1 Å². The number of sulfonamides is 1. The molecule has 2 rings (SSSR count). The molecular weight excluding hydrogens is 421 g/mol. The third kappa shape index (κ3) is 6.05. The fourth-order valence-corrected chi connectivity index (χ4v) is 3.83. The normalized spacial score (nSPS) is 13.0. The number of rotatable bonds is 7. The molecule has 0 fully saturated rings. The van der Waals surface area contributed by atoms with Gasteiger partial charge < -0.3 is 4.74 Å². The largest absolute Gasteiger partial charge is 0.460 e. The van der Waals surface area contributed by atoms with Crippen LogP contribution in [0.15, 0.2) is 53.4 Å². The summed E-state index contributed by atoms with van der Waals surface area (Å²) in [5.74, 6) is -1.40. The highest BCUT2D eigenvalue weighted by Gasteiger charge is 2.33. The molecular formula is C20H19F3N2O4S. The minimum Gasteiger partial charge on any atom is -0.460 e. The van der Waals surface area contributed by atoms with Crippen LogP contribution in [0.4, 0.5) is 13.2 Å². The lowest BCUT2D eigenvalue weighted by atomic mass is 10.1. The topological polar surface area (TPSA) is 96.3 Å². The molecule has 0 bridgehead atoms. The summed E-state index contributed by atoms with van der Waals surface area (Å²) in [6.07, 6.45) is -4.71. The molecule has 0 aliphatic rings. The predicted octanol–water partition coefficient (Wildman–Crippen LogP) is 3.62. The number of halogens is 3. The molecule has 2 aromatic carbocycles. The fourth-order valence-electron chi connectivity index (χ4n) is 2.45. The van der Waals surface area contributed by atoms with Gasteiger partial charge in [-0.1, -0.05) is 32.0 Å². The van der Waals surface area contributed by atoms with Crippen molar-refractivity contribution in [3.05, 3.63) is 65.2 Å². The van der Waals surface area contributed by atoms with E-state index in [9.17, 15) is 26.4 Å². The van der Waals surface area contributed by atoms with Crippen LogP contribution < -0.4 is 4.72 Å². The van der Waals surface area contributed by atoms with Crippen LogP contribution in [0, 0.1) is 17.2 Å². The summed E-state index contributed by atoms with van der Waals surface area (Å²) in [5.41, 5.74) is -0.0977. The van der Waals surface area contributed by atoms with Gasteiger partial charge in [0, 0.05) is 0 Å². The highest BCUT2D eigenvalue weighted by atomic mass is 32.2. The summed E-state index contributed by atoms with van der Waals surface area (Å²) in [4.78, 5) is 11.8. The van der Waals surface area contributed by atoms with Gasteiger partial charge in [0.2, 0.25) is 10.0 Å². The van der Waals surface area contributed by atoms with Gasteiger partial charge in [0.05, 0.1) is 22.1 Å². The minimum atomic E-state index is -4.71. The van der Waals surface area contributed by atoms with Gasteiger partial charge in [-0.2, -0.15) is 23.2 Å². The van der Waals surface area contributed by atoms with E-state index in [2.05, 4.69) is 4.72 Å². The maximum atomic E-state index is 12.9. The van der Waals surface area contributed by atoms with Crippen molar-refractivity contribution in [3.8, 4) is 6.07 Å². The van der Waals surface area contributed by atoms with Crippen LogP contribution in [0.25, 0.3) is 0 Å². The predicted molar refractivity (Wildman–Crippen MR) is 101 cm³/mol. The Labute approximate surface area is 172 Å². The molecule has 0 aliphatic carbocycles. The Morgan fingerprint density at radius 1 is 1.17 bits per heavy atom. The van der Waals surface area contributed by atoms with E-state index >= 15 is 0 Å².